The Hall–Kier alpha value is -2.24. The molecule has 128 valence electrons. The first-order valence-electron chi connectivity index (χ1n) is 7.62. The van der Waals surface area contributed by atoms with Crippen LogP contribution in [-0.2, 0) is 11.2 Å². The van der Waals surface area contributed by atoms with Gasteiger partial charge >= 0.3 is 5.97 Å². The first-order valence-corrected chi connectivity index (χ1v) is 8.99. The minimum atomic E-state index is -1.02. The van der Waals surface area contributed by atoms with Crippen LogP contribution < -0.4 is 4.74 Å². The highest BCUT2D eigenvalue weighted by Gasteiger charge is 2.22. The summed E-state index contributed by atoms with van der Waals surface area (Å²) in [5.74, 6) is 0.341. The Morgan fingerprint density at radius 2 is 1.88 bits per heavy atom. The number of rotatable bonds is 5. The van der Waals surface area contributed by atoms with Crippen LogP contribution in [0, 0.1) is 0 Å². The molecule has 0 spiro atoms. The number of hydrogen-bond acceptors (Lipinski definition) is 4. The summed E-state index contributed by atoms with van der Waals surface area (Å²) in [5, 5.41) is 11.0. The molecule has 25 heavy (non-hydrogen) atoms. The number of nitrogens with zero attached hydrogens (tertiary/aromatic N) is 1. The zero-order valence-electron chi connectivity index (χ0n) is 13.5. The van der Waals surface area contributed by atoms with Crippen LogP contribution in [0.5, 0.6) is 5.75 Å². The molecule has 1 N–H and O–H groups in total. The Balaban J connectivity index is 1.88. The molecule has 2 aromatic carbocycles. The average molecular weight is 374 g/mol. The molecule has 2 aromatic rings. The summed E-state index contributed by atoms with van der Waals surface area (Å²) < 4.78 is 5.15. The molecule has 1 aliphatic heterocycles. The van der Waals surface area contributed by atoms with E-state index in [4.69, 9.17) is 16.3 Å². The molecule has 0 fully saturated rings. The lowest BCUT2D eigenvalue weighted by molar-refractivity contribution is -0.132. The van der Waals surface area contributed by atoms with Gasteiger partial charge in [0.15, 0.2) is 5.70 Å². The highest BCUT2D eigenvalue weighted by atomic mass is 35.5. The van der Waals surface area contributed by atoms with Gasteiger partial charge in [-0.15, -0.1) is 11.8 Å². The lowest BCUT2D eigenvalue weighted by atomic mass is 10.1. The van der Waals surface area contributed by atoms with Crippen LogP contribution in [0.1, 0.15) is 11.1 Å². The summed E-state index contributed by atoms with van der Waals surface area (Å²) in [6, 6.07) is 14.8. The highest BCUT2D eigenvalue weighted by molar-refractivity contribution is 8.14. The topological polar surface area (TPSA) is 58.9 Å². The van der Waals surface area contributed by atoms with Crippen molar-refractivity contribution in [3.63, 3.8) is 0 Å². The van der Waals surface area contributed by atoms with E-state index in [0.717, 1.165) is 21.9 Å². The van der Waals surface area contributed by atoms with E-state index in [2.05, 4.69) is 4.99 Å². The van der Waals surface area contributed by atoms with E-state index in [0.29, 0.717) is 22.8 Å². The molecule has 0 atom stereocenters. The highest BCUT2D eigenvalue weighted by Crippen LogP contribution is 2.31. The molecule has 1 aliphatic rings. The van der Waals surface area contributed by atoms with Crippen molar-refractivity contribution in [2.75, 3.05) is 12.9 Å². The Morgan fingerprint density at radius 1 is 1.20 bits per heavy atom. The van der Waals surface area contributed by atoms with Crippen LogP contribution in [0.3, 0.4) is 0 Å². The fourth-order valence-electron chi connectivity index (χ4n) is 2.50. The molecule has 3 rings (SSSR count). The molecule has 6 heteroatoms. The summed E-state index contributed by atoms with van der Waals surface area (Å²) in [4.78, 5) is 16.1. The number of carboxylic acids is 1. The smallest absolute Gasteiger partial charge is 0.354 e. The summed E-state index contributed by atoms with van der Waals surface area (Å²) in [6.07, 6.45) is 0.597. The molecule has 0 saturated carbocycles. The van der Waals surface area contributed by atoms with E-state index in [1.807, 2.05) is 36.4 Å². The SMILES string of the molecule is COc1ccc(CC2=NC(C(=O)O)=C(c3ccc(Cl)cc3)CS2)cc1. The lowest BCUT2D eigenvalue weighted by Gasteiger charge is -2.17. The third-order valence-corrected chi connectivity index (χ3v) is 5.07. The fourth-order valence-corrected chi connectivity index (χ4v) is 3.67. The van der Waals surface area contributed by atoms with Gasteiger partial charge < -0.3 is 9.84 Å². The maximum Gasteiger partial charge on any atom is 0.354 e. The molecule has 0 radical (unpaired) electrons. The molecular formula is C19H16ClNO3S. The molecule has 0 unspecified atom stereocenters. The van der Waals surface area contributed by atoms with Crippen LogP contribution in [0.4, 0.5) is 0 Å². The second kappa shape index (κ2) is 7.76. The molecule has 0 amide bonds. The minimum absolute atomic E-state index is 0.101. The monoisotopic (exact) mass is 373 g/mol. The number of thioether (sulfide) groups is 1. The molecule has 1 heterocycles. The van der Waals surface area contributed by atoms with Crippen LogP contribution in [0.2, 0.25) is 5.02 Å². The summed E-state index contributed by atoms with van der Waals surface area (Å²) in [7, 11) is 1.62. The van der Waals surface area contributed by atoms with Gasteiger partial charge in [0.2, 0.25) is 0 Å². The van der Waals surface area contributed by atoms with Gasteiger partial charge in [-0.05, 0) is 35.4 Å². The van der Waals surface area contributed by atoms with Crippen LogP contribution >= 0.6 is 23.4 Å². The standard InChI is InChI=1S/C19H16ClNO3S/c1-24-15-8-2-12(3-9-15)10-17-21-18(19(22)23)16(11-25-17)13-4-6-14(20)7-5-13/h2-9H,10-11H2,1H3,(H,22,23). The first-order chi connectivity index (χ1) is 12.1. The normalized spacial score (nSPS) is 14.2. The molecule has 0 bridgehead atoms. The maximum atomic E-state index is 11.7. The average Bonchev–Trinajstić information content (AvgIpc) is 2.63. The van der Waals surface area contributed by atoms with E-state index >= 15 is 0 Å². The van der Waals surface area contributed by atoms with E-state index in [-0.39, 0.29) is 5.70 Å². The Morgan fingerprint density at radius 3 is 2.48 bits per heavy atom. The number of halogens is 1. The summed E-state index contributed by atoms with van der Waals surface area (Å²) >= 11 is 7.47. The van der Waals surface area contributed by atoms with Gasteiger partial charge in [-0.3, -0.25) is 0 Å². The number of hydrogen-bond donors (Lipinski definition) is 1. The Bertz CT molecular complexity index is 842. The van der Waals surface area contributed by atoms with Gasteiger partial charge in [0, 0.05) is 22.8 Å². The third-order valence-electron chi connectivity index (χ3n) is 3.82. The van der Waals surface area contributed by atoms with Gasteiger partial charge in [0.05, 0.1) is 12.2 Å². The molecule has 0 saturated heterocycles. The van der Waals surface area contributed by atoms with E-state index in [1.54, 1.807) is 31.0 Å². The van der Waals surface area contributed by atoms with Crippen molar-refractivity contribution in [2.45, 2.75) is 6.42 Å². The summed E-state index contributed by atoms with van der Waals surface area (Å²) in [5.41, 5.74) is 2.71. The van der Waals surface area contributed by atoms with Crippen molar-refractivity contribution in [3.8, 4) is 5.75 Å². The fraction of sp³-hybridized carbons (Fsp3) is 0.158. The predicted molar refractivity (Wildman–Crippen MR) is 103 cm³/mol. The van der Waals surface area contributed by atoms with Gasteiger partial charge in [-0.1, -0.05) is 35.9 Å². The van der Waals surface area contributed by atoms with Gasteiger partial charge in [-0.25, -0.2) is 9.79 Å². The quantitative estimate of drug-likeness (QED) is 0.836. The van der Waals surface area contributed by atoms with Gasteiger partial charge in [0.1, 0.15) is 5.75 Å². The van der Waals surface area contributed by atoms with Gasteiger partial charge in [-0.2, -0.15) is 0 Å². The summed E-state index contributed by atoms with van der Waals surface area (Å²) in [6.45, 7) is 0. The number of methoxy groups -OCH3 is 1. The number of aliphatic imine (C=N–C) groups is 1. The molecule has 4 nitrogen and oxygen atoms in total. The molecular weight excluding hydrogens is 358 g/mol. The van der Waals surface area contributed by atoms with Crippen molar-refractivity contribution < 1.29 is 14.6 Å². The van der Waals surface area contributed by atoms with Crippen molar-refractivity contribution in [2.24, 2.45) is 4.99 Å². The third kappa shape index (κ3) is 4.24. The van der Waals surface area contributed by atoms with Crippen molar-refractivity contribution in [3.05, 3.63) is 70.4 Å². The number of aliphatic carboxylic acids is 1. The van der Waals surface area contributed by atoms with Crippen molar-refractivity contribution in [1.82, 2.24) is 0 Å². The Labute approximate surface area is 155 Å². The van der Waals surface area contributed by atoms with E-state index in [9.17, 15) is 9.90 Å². The number of carbonyl (C=O) groups is 1. The number of carboxylic acid groups (broad SMARTS) is 1. The largest absolute Gasteiger partial charge is 0.497 e. The second-order valence-corrected chi connectivity index (χ2v) is 6.94. The maximum absolute atomic E-state index is 11.7. The van der Waals surface area contributed by atoms with E-state index < -0.39 is 5.97 Å². The van der Waals surface area contributed by atoms with Crippen molar-refractivity contribution >= 4 is 39.9 Å². The van der Waals surface area contributed by atoms with E-state index in [1.165, 1.54) is 0 Å². The van der Waals surface area contributed by atoms with Crippen molar-refractivity contribution in [1.29, 1.82) is 0 Å². The number of benzene rings is 2. The first kappa shape index (κ1) is 17.6. The lowest BCUT2D eigenvalue weighted by Crippen LogP contribution is -2.13. The molecule has 0 aliphatic carbocycles. The predicted octanol–water partition coefficient (Wildman–Crippen LogP) is 4.53. The zero-order valence-corrected chi connectivity index (χ0v) is 15.1. The van der Waals surface area contributed by atoms with Crippen LogP contribution in [0.15, 0.2) is 59.2 Å². The van der Waals surface area contributed by atoms with Crippen LogP contribution in [-0.4, -0.2) is 29.0 Å². The van der Waals surface area contributed by atoms with Gasteiger partial charge in [0.25, 0.3) is 0 Å². The second-order valence-electron chi connectivity index (χ2n) is 5.46. The minimum Gasteiger partial charge on any atom is -0.497 e. The van der Waals surface area contributed by atoms with Crippen LogP contribution in [0.25, 0.3) is 5.57 Å². The Kier molecular flexibility index (Phi) is 5.46. The zero-order chi connectivity index (χ0) is 17.8. The molecule has 0 aromatic heterocycles. The number of ether oxygens (including phenoxy) is 1.